The highest BCUT2D eigenvalue weighted by atomic mass is 32.2. The van der Waals surface area contributed by atoms with E-state index in [9.17, 15) is 4.79 Å². The second-order valence-corrected chi connectivity index (χ2v) is 10.4. The van der Waals surface area contributed by atoms with Gasteiger partial charge in [-0.1, -0.05) is 53.7 Å². The first kappa shape index (κ1) is 26.1. The van der Waals surface area contributed by atoms with Crippen LogP contribution in [-0.4, -0.2) is 43.5 Å². The quantitative estimate of drug-likeness (QED) is 0.285. The predicted molar refractivity (Wildman–Crippen MR) is 156 cm³/mol. The molecule has 0 saturated carbocycles. The zero-order chi connectivity index (χ0) is 27.6. The SMILES string of the molecule is COc1ccc(C2S/C(=N\Nc3nc4ccccc4cc3C3OCCO3)N(c3ccc(C)cc3)C2=O)cc1OC. The van der Waals surface area contributed by atoms with Crippen molar-refractivity contribution < 1.29 is 23.7 Å². The van der Waals surface area contributed by atoms with Gasteiger partial charge in [-0.3, -0.25) is 15.1 Å². The zero-order valence-corrected chi connectivity index (χ0v) is 23.1. The number of thioether (sulfide) groups is 1. The monoisotopic (exact) mass is 556 g/mol. The van der Waals surface area contributed by atoms with Crippen LogP contribution >= 0.6 is 11.8 Å². The molecule has 2 saturated heterocycles. The van der Waals surface area contributed by atoms with E-state index in [1.54, 1.807) is 25.2 Å². The van der Waals surface area contributed by atoms with Crippen molar-refractivity contribution in [3.63, 3.8) is 0 Å². The molecule has 6 rings (SSSR count). The normalized spacial score (nSPS) is 18.6. The molecule has 1 amide bonds. The number of carbonyl (C=O) groups excluding carboxylic acids is 1. The first-order valence-corrected chi connectivity index (χ1v) is 13.7. The number of amidine groups is 1. The van der Waals surface area contributed by atoms with Crippen LogP contribution in [0, 0.1) is 6.92 Å². The smallest absolute Gasteiger partial charge is 0.251 e. The topological polar surface area (TPSA) is 94.5 Å². The molecule has 9 nitrogen and oxygen atoms in total. The van der Waals surface area contributed by atoms with E-state index in [1.807, 2.05) is 73.7 Å². The van der Waals surface area contributed by atoms with Crippen LogP contribution in [0.25, 0.3) is 10.9 Å². The Bertz CT molecular complexity index is 1590. The van der Waals surface area contributed by atoms with Gasteiger partial charge < -0.3 is 18.9 Å². The molecule has 10 heteroatoms. The van der Waals surface area contributed by atoms with Gasteiger partial charge >= 0.3 is 0 Å². The fraction of sp³-hybridized carbons (Fsp3) is 0.233. The van der Waals surface area contributed by atoms with E-state index in [4.69, 9.17) is 29.0 Å². The van der Waals surface area contributed by atoms with Gasteiger partial charge in [-0.25, -0.2) is 4.98 Å². The number of aryl methyl sites for hydroxylation is 1. The highest BCUT2D eigenvalue weighted by molar-refractivity contribution is 8.15. The summed E-state index contributed by atoms with van der Waals surface area (Å²) in [4.78, 5) is 20.3. The molecule has 3 heterocycles. The molecule has 0 bridgehead atoms. The molecule has 2 aliphatic rings. The number of para-hydroxylation sites is 1. The molecule has 2 fully saturated rings. The third-order valence-corrected chi connectivity index (χ3v) is 7.94. The van der Waals surface area contributed by atoms with Crippen LogP contribution in [0.2, 0.25) is 0 Å². The number of nitrogens with one attached hydrogen (secondary N) is 1. The second kappa shape index (κ2) is 11.2. The number of hydrogen-bond acceptors (Lipinski definition) is 9. The second-order valence-electron chi connectivity index (χ2n) is 9.32. The summed E-state index contributed by atoms with van der Waals surface area (Å²) >= 11 is 1.35. The molecule has 2 aliphatic heterocycles. The van der Waals surface area contributed by atoms with Crippen molar-refractivity contribution in [2.24, 2.45) is 5.10 Å². The Labute approximate surface area is 236 Å². The number of benzene rings is 3. The molecule has 1 N–H and O–H groups in total. The van der Waals surface area contributed by atoms with Crippen LogP contribution < -0.4 is 19.8 Å². The number of pyridine rings is 1. The van der Waals surface area contributed by atoms with Crippen LogP contribution in [-0.2, 0) is 14.3 Å². The van der Waals surface area contributed by atoms with E-state index in [1.165, 1.54) is 11.8 Å². The van der Waals surface area contributed by atoms with Crippen LogP contribution in [0.3, 0.4) is 0 Å². The lowest BCUT2D eigenvalue weighted by atomic mass is 10.1. The number of nitrogens with zero attached hydrogens (tertiary/aromatic N) is 3. The van der Waals surface area contributed by atoms with Gasteiger partial charge in [-0.05, 0) is 48.9 Å². The van der Waals surface area contributed by atoms with E-state index < -0.39 is 11.5 Å². The third-order valence-electron chi connectivity index (χ3n) is 6.75. The van der Waals surface area contributed by atoms with Crippen molar-refractivity contribution in [3.05, 3.63) is 89.5 Å². The Balaban J connectivity index is 1.39. The average molecular weight is 557 g/mol. The summed E-state index contributed by atoms with van der Waals surface area (Å²) in [5.74, 6) is 1.54. The molecule has 1 unspecified atom stereocenters. The minimum Gasteiger partial charge on any atom is -0.493 e. The highest BCUT2D eigenvalue weighted by Crippen LogP contribution is 2.44. The summed E-state index contributed by atoms with van der Waals surface area (Å²) in [6.45, 7) is 3.02. The van der Waals surface area contributed by atoms with Gasteiger partial charge in [0.2, 0.25) is 0 Å². The number of hydrazone groups is 1. The van der Waals surface area contributed by atoms with E-state index in [2.05, 4.69) is 5.43 Å². The number of ether oxygens (including phenoxy) is 4. The summed E-state index contributed by atoms with van der Waals surface area (Å²) in [6, 6.07) is 23.1. The van der Waals surface area contributed by atoms with Crippen molar-refractivity contribution in [1.82, 2.24) is 4.98 Å². The van der Waals surface area contributed by atoms with Crippen molar-refractivity contribution in [2.75, 3.05) is 37.8 Å². The van der Waals surface area contributed by atoms with Gasteiger partial charge in [0.15, 0.2) is 28.8 Å². The molecule has 0 spiro atoms. The molecule has 1 atom stereocenters. The predicted octanol–water partition coefficient (Wildman–Crippen LogP) is 5.81. The van der Waals surface area contributed by atoms with Crippen LogP contribution in [0.5, 0.6) is 11.5 Å². The first-order chi connectivity index (χ1) is 19.6. The molecule has 40 heavy (non-hydrogen) atoms. The lowest BCUT2D eigenvalue weighted by Crippen LogP contribution is -2.30. The molecular formula is C30H28N4O5S. The molecule has 0 radical (unpaired) electrons. The van der Waals surface area contributed by atoms with Gasteiger partial charge in [0.1, 0.15) is 5.25 Å². The number of fused-ring (bicyclic) bond motifs is 1. The molecule has 0 aliphatic carbocycles. The minimum atomic E-state index is -0.551. The van der Waals surface area contributed by atoms with Gasteiger partial charge in [0.25, 0.3) is 5.91 Å². The van der Waals surface area contributed by atoms with Crippen LogP contribution in [0.15, 0.2) is 77.9 Å². The zero-order valence-electron chi connectivity index (χ0n) is 22.3. The van der Waals surface area contributed by atoms with Gasteiger partial charge in [-0.15, -0.1) is 5.10 Å². The minimum absolute atomic E-state index is 0.115. The maximum absolute atomic E-state index is 13.9. The number of methoxy groups -OCH3 is 2. The molecule has 1 aromatic heterocycles. The fourth-order valence-corrected chi connectivity index (χ4v) is 5.79. The standard InChI is InChI=1S/C30H28N4O5S/c1-18-8-11-21(12-9-18)34-28(35)26(20-10-13-24(36-2)25(17-20)37-3)40-30(34)33-32-27-22(29-38-14-15-39-29)16-19-6-4-5-7-23(19)31-27/h4-13,16-17,26,29H,14-15H2,1-3H3,(H,31,32)/b33-30-. The Hall–Kier alpha value is -4.12. The van der Waals surface area contributed by atoms with Gasteiger partial charge in [0.05, 0.1) is 44.2 Å². The van der Waals surface area contributed by atoms with Crippen molar-refractivity contribution >= 4 is 45.2 Å². The Kier molecular flexibility index (Phi) is 7.29. The molecular weight excluding hydrogens is 528 g/mol. The summed E-state index contributed by atoms with van der Waals surface area (Å²) in [5, 5.41) is 5.64. The number of carbonyl (C=O) groups is 1. The largest absolute Gasteiger partial charge is 0.493 e. The Morgan fingerprint density at radius 1 is 0.975 bits per heavy atom. The van der Waals surface area contributed by atoms with E-state index in [0.717, 1.165) is 33.3 Å². The average Bonchev–Trinajstić information content (AvgIpc) is 3.64. The van der Waals surface area contributed by atoms with Crippen molar-refractivity contribution in [3.8, 4) is 11.5 Å². The van der Waals surface area contributed by atoms with Crippen molar-refractivity contribution in [2.45, 2.75) is 18.5 Å². The number of hydrogen-bond donors (Lipinski definition) is 1. The third kappa shape index (κ3) is 4.97. The number of aromatic nitrogens is 1. The lowest BCUT2D eigenvalue weighted by Gasteiger charge is -2.18. The number of amides is 1. The maximum atomic E-state index is 13.9. The van der Waals surface area contributed by atoms with Gasteiger partial charge in [0, 0.05) is 5.39 Å². The lowest BCUT2D eigenvalue weighted by molar-refractivity contribution is -0.117. The summed E-state index contributed by atoms with van der Waals surface area (Å²) < 4.78 is 22.5. The number of anilines is 2. The summed E-state index contributed by atoms with van der Waals surface area (Å²) in [5.41, 5.74) is 7.28. The highest BCUT2D eigenvalue weighted by Gasteiger charge is 2.40. The Morgan fingerprint density at radius 3 is 2.48 bits per heavy atom. The molecule has 4 aromatic rings. The summed E-state index contributed by atoms with van der Waals surface area (Å²) in [7, 11) is 3.16. The van der Waals surface area contributed by atoms with Gasteiger partial charge in [-0.2, -0.15) is 0 Å². The molecule has 204 valence electrons. The number of rotatable bonds is 7. The van der Waals surface area contributed by atoms with Crippen molar-refractivity contribution in [1.29, 1.82) is 0 Å². The van der Waals surface area contributed by atoms with E-state index >= 15 is 0 Å². The van der Waals surface area contributed by atoms with E-state index in [0.29, 0.717) is 35.7 Å². The van der Waals surface area contributed by atoms with Crippen LogP contribution in [0.4, 0.5) is 11.5 Å². The first-order valence-electron chi connectivity index (χ1n) is 12.8. The fourth-order valence-electron chi connectivity index (χ4n) is 4.69. The Morgan fingerprint density at radius 2 is 1.73 bits per heavy atom. The van der Waals surface area contributed by atoms with Crippen LogP contribution in [0.1, 0.15) is 28.2 Å². The summed E-state index contributed by atoms with van der Waals surface area (Å²) in [6.07, 6.45) is -0.551. The molecule has 3 aromatic carbocycles. The maximum Gasteiger partial charge on any atom is 0.251 e. The van der Waals surface area contributed by atoms with E-state index in [-0.39, 0.29) is 5.91 Å².